The maximum absolute atomic E-state index is 13.7. The lowest BCUT2D eigenvalue weighted by Crippen LogP contribution is -2.33. The van der Waals surface area contributed by atoms with Gasteiger partial charge in [-0.25, -0.2) is 9.37 Å². The maximum atomic E-state index is 13.7. The quantitative estimate of drug-likeness (QED) is 0.517. The van der Waals surface area contributed by atoms with Gasteiger partial charge >= 0.3 is 0 Å². The zero-order chi connectivity index (χ0) is 22.4. The highest BCUT2D eigenvalue weighted by molar-refractivity contribution is 5.61. The van der Waals surface area contributed by atoms with Gasteiger partial charge < -0.3 is 14.8 Å². The van der Waals surface area contributed by atoms with Crippen LogP contribution >= 0.6 is 0 Å². The van der Waals surface area contributed by atoms with Crippen LogP contribution in [0.2, 0.25) is 0 Å². The van der Waals surface area contributed by atoms with Gasteiger partial charge in [-0.15, -0.1) is 0 Å². The summed E-state index contributed by atoms with van der Waals surface area (Å²) in [5.41, 5.74) is 3.09. The molecule has 2 aromatic heterocycles. The van der Waals surface area contributed by atoms with Crippen molar-refractivity contribution in [3.8, 4) is 17.3 Å². The fourth-order valence-corrected chi connectivity index (χ4v) is 4.57. The van der Waals surface area contributed by atoms with Crippen molar-refractivity contribution in [2.45, 2.75) is 32.0 Å². The third kappa shape index (κ3) is 3.11. The number of imidazole rings is 1. The highest BCUT2D eigenvalue weighted by atomic mass is 19.1. The summed E-state index contributed by atoms with van der Waals surface area (Å²) in [6.07, 6.45) is 2.62. The van der Waals surface area contributed by atoms with E-state index in [9.17, 15) is 19.4 Å². The van der Waals surface area contributed by atoms with Gasteiger partial charge in [0, 0.05) is 12.5 Å². The van der Waals surface area contributed by atoms with E-state index in [4.69, 9.17) is 0 Å². The van der Waals surface area contributed by atoms with E-state index in [1.165, 1.54) is 18.3 Å². The predicted octanol–water partition coefficient (Wildman–Crippen LogP) is 3.14. The van der Waals surface area contributed by atoms with Gasteiger partial charge in [0.25, 0.3) is 0 Å². The summed E-state index contributed by atoms with van der Waals surface area (Å²) >= 11 is 0. The monoisotopic (exact) mass is 432 g/mol. The van der Waals surface area contributed by atoms with Crippen LogP contribution in [-0.4, -0.2) is 29.5 Å². The van der Waals surface area contributed by atoms with E-state index in [0.717, 1.165) is 22.9 Å². The van der Waals surface area contributed by atoms with Crippen molar-refractivity contribution in [3.63, 3.8) is 0 Å². The van der Waals surface area contributed by atoms with Gasteiger partial charge in [-0.3, -0.25) is 9.48 Å². The van der Waals surface area contributed by atoms with Gasteiger partial charge in [-0.2, -0.15) is 5.10 Å². The largest absolute Gasteiger partial charge is 0.503 e. The Labute approximate surface area is 183 Å². The van der Waals surface area contributed by atoms with E-state index in [1.807, 2.05) is 31.2 Å². The second kappa shape index (κ2) is 7.72. The molecule has 1 aliphatic heterocycles. The van der Waals surface area contributed by atoms with Crippen LogP contribution in [0.5, 0.6) is 5.75 Å². The Morgan fingerprint density at radius 3 is 2.62 bits per heavy atom. The number of halogens is 1. The van der Waals surface area contributed by atoms with Gasteiger partial charge in [-0.05, 0) is 35.7 Å². The summed E-state index contributed by atoms with van der Waals surface area (Å²) in [7, 11) is 0. The number of benzene rings is 2. The first-order valence-electron chi connectivity index (χ1n) is 10.3. The third-order valence-electron chi connectivity index (χ3n) is 6.12. The molecule has 8 heteroatoms. The van der Waals surface area contributed by atoms with E-state index in [0.29, 0.717) is 18.1 Å². The molecule has 0 aliphatic carbocycles. The average Bonchev–Trinajstić information content (AvgIpc) is 3.21. The summed E-state index contributed by atoms with van der Waals surface area (Å²) in [5, 5.41) is 24.9. The first-order valence-corrected chi connectivity index (χ1v) is 10.3. The number of aromatic hydroxyl groups is 1. The molecule has 2 aromatic carbocycles. The first-order chi connectivity index (χ1) is 15.5. The number of aliphatic hydroxyl groups is 1. The summed E-state index contributed by atoms with van der Waals surface area (Å²) in [4.78, 5) is 16.6. The summed E-state index contributed by atoms with van der Waals surface area (Å²) in [6, 6.07) is 13.9. The Hall–Kier alpha value is -3.78. The van der Waals surface area contributed by atoms with Crippen molar-refractivity contribution in [3.05, 3.63) is 99.3 Å². The Balaban J connectivity index is 1.79. The molecule has 0 amide bonds. The minimum Gasteiger partial charge on any atom is -0.503 e. The molecular formula is C24H21FN4O3. The summed E-state index contributed by atoms with van der Waals surface area (Å²) in [5.74, 6) is -0.674. The lowest BCUT2D eigenvalue weighted by molar-refractivity contribution is 0.260. The van der Waals surface area contributed by atoms with Gasteiger partial charge in [0.1, 0.15) is 11.5 Å². The normalized spacial score (nSPS) is 15.8. The van der Waals surface area contributed by atoms with Gasteiger partial charge in [0.15, 0.2) is 11.6 Å². The number of hydrogen-bond donors (Lipinski definition) is 2. The Bertz CT molecular complexity index is 1360. The fourth-order valence-electron chi connectivity index (χ4n) is 4.57. The van der Waals surface area contributed by atoms with Crippen molar-refractivity contribution >= 4 is 0 Å². The Morgan fingerprint density at radius 1 is 1.16 bits per heavy atom. The van der Waals surface area contributed by atoms with Crippen LogP contribution in [0.15, 0.2) is 65.7 Å². The number of fused-ring (bicyclic) bond motifs is 3. The standard InChI is InChI=1S/C24H21FN4O3/c1-14-4-2-3-5-18(14)21(15-6-8-16(25)9-7-15)19-12-28-17(13-30)10-26-24(28)22-23(32)20(31)11-27-29(19)22/h2-11,19,21,30,32H,12-13H2,1H3/t19-,21+/m1/s1. The van der Waals surface area contributed by atoms with Crippen LogP contribution in [0, 0.1) is 12.7 Å². The van der Waals surface area contributed by atoms with Crippen LogP contribution in [0.25, 0.3) is 11.5 Å². The van der Waals surface area contributed by atoms with Gasteiger partial charge in [-0.1, -0.05) is 36.4 Å². The van der Waals surface area contributed by atoms with Crippen LogP contribution in [-0.2, 0) is 13.2 Å². The van der Waals surface area contributed by atoms with E-state index in [1.54, 1.807) is 21.4 Å². The number of aromatic nitrogens is 4. The molecule has 0 fully saturated rings. The molecule has 32 heavy (non-hydrogen) atoms. The average molecular weight is 432 g/mol. The van der Waals surface area contributed by atoms with E-state index in [2.05, 4.69) is 10.1 Å². The van der Waals surface area contributed by atoms with Crippen molar-refractivity contribution in [2.75, 3.05) is 0 Å². The smallest absolute Gasteiger partial charge is 0.242 e. The molecule has 0 spiro atoms. The molecule has 0 bridgehead atoms. The van der Waals surface area contributed by atoms with Crippen molar-refractivity contribution in [1.82, 2.24) is 19.3 Å². The van der Waals surface area contributed by atoms with Crippen molar-refractivity contribution in [1.29, 1.82) is 0 Å². The predicted molar refractivity (Wildman–Crippen MR) is 116 cm³/mol. The van der Waals surface area contributed by atoms with E-state index >= 15 is 0 Å². The molecule has 0 saturated heterocycles. The fraction of sp³-hybridized carbons (Fsp3) is 0.208. The van der Waals surface area contributed by atoms with E-state index < -0.39 is 11.2 Å². The van der Waals surface area contributed by atoms with Crippen LogP contribution in [0.1, 0.15) is 34.3 Å². The highest BCUT2D eigenvalue weighted by Gasteiger charge is 2.37. The van der Waals surface area contributed by atoms with Crippen LogP contribution in [0.4, 0.5) is 4.39 Å². The highest BCUT2D eigenvalue weighted by Crippen LogP contribution is 2.43. The number of aryl methyl sites for hydroxylation is 1. The Morgan fingerprint density at radius 2 is 1.91 bits per heavy atom. The Kier molecular flexibility index (Phi) is 4.86. The van der Waals surface area contributed by atoms with Gasteiger partial charge in [0.2, 0.25) is 5.43 Å². The SMILES string of the molecule is Cc1ccccc1[C@H](c1ccc(F)cc1)[C@H]1Cn2c(CO)cnc2-c2c(O)c(=O)cnn21. The van der Waals surface area contributed by atoms with Gasteiger partial charge in [0.05, 0.1) is 30.7 Å². The second-order valence-corrected chi connectivity index (χ2v) is 7.95. The molecule has 0 radical (unpaired) electrons. The number of aliphatic hydroxyl groups excluding tert-OH is 1. The zero-order valence-corrected chi connectivity index (χ0v) is 17.3. The third-order valence-corrected chi connectivity index (χ3v) is 6.12. The molecule has 0 unspecified atom stereocenters. The lowest BCUT2D eigenvalue weighted by atomic mass is 9.82. The lowest BCUT2D eigenvalue weighted by Gasteiger charge is -2.35. The molecule has 0 saturated carbocycles. The minimum absolute atomic E-state index is 0.203. The number of hydrogen-bond acceptors (Lipinski definition) is 5. The molecular weight excluding hydrogens is 411 g/mol. The van der Waals surface area contributed by atoms with Crippen LogP contribution < -0.4 is 5.43 Å². The zero-order valence-electron chi connectivity index (χ0n) is 17.3. The minimum atomic E-state index is -0.605. The topological polar surface area (TPSA) is 93.2 Å². The molecule has 2 atom stereocenters. The summed E-state index contributed by atoms with van der Waals surface area (Å²) < 4.78 is 17.2. The van der Waals surface area contributed by atoms with E-state index in [-0.39, 0.29) is 30.1 Å². The number of rotatable bonds is 4. The second-order valence-electron chi connectivity index (χ2n) is 7.95. The van der Waals surface area contributed by atoms with Crippen molar-refractivity contribution in [2.24, 2.45) is 0 Å². The number of nitrogens with zero attached hydrogens (tertiary/aromatic N) is 4. The molecule has 4 aromatic rings. The van der Waals surface area contributed by atoms with Crippen LogP contribution in [0.3, 0.4) is 0 Å². The summed E-state index contributed by atoms with van der Waals surface area (Å²) in [6.45, 7) is 2.16. The molecule has 5 rings (SSSR count). The molecule has 1 aliphatic rings. The molecule has 162 valence electrons. The maximum Gasteiger partial charge on any atom is 0.242 e. The molecule has 2 N–H and O–H groups in total. The molecule has 3 heterocycles. The molecule has 7 nitrogen and oxygen atoms in total. The van der Waals surface area contributed by atoms with Crippen molar-refractivity contribution < 1.29 is 14.6 Å². The first kappa shape index (κ1) is 20.1.